The Kier molecular flexibility index (Phi) is 9.40. The second-order valence-electron chi connectivity index (χ2n) is 10.3. The van der Waals surface area contributed by atoms with E-state index >= 15 is 0 Å². The Morgan fingerprint density at radius 2 is 1.77 bits per heavy atom. The van der Waals surface area contributed by atoms with Gasteiger partial charge in [-0.3, -0.25) is 9.52 Å². The summed E-state index contributed by atoms with van der Waals surface area (Å²) in [5.74, 6) is -1.47. The number of alkyl halides is 3. The van der Waals surface area contributed by atoms with Gasteiger partial charge >= 0.3 is 12.1 Å². The number of halogens is 3. The number of carbonyl (C=O) groups is 2. The number of aromatic amines is 1. The van der Waals surface area contributed by atoms with Crippen molar-refractivity contribution in [3.63, 3.8) is 0 Å². The number of fused-ring (bicyclic) bond motifs is 1. The summed E-state index contributed by atoms with van der Waals surface area (Å²) in [7, 11) is -3.97. The molecule has 0 aliphatic rings. The molecule has 1 atom stereocenters. The Labute approximate surface area is 245 Å². The van der Waals surface area contributed by atoms with E-state index in [0.29, 0.717) is 41.9 Å². The summed E-state index contributed by atoms with van der Waals surface area (Å²) in [6.45, 7) is 3.75. The van der Waals surface area contributed by atoms with Gasteiger partial charge in [-0.25, -0.2) is 18.2 Å². The molecule has 1 aromatic heterocycles. The SMILES string of the molecule is CC(C)(CCc1nc2c(OC=O)cccc2[nH]1)NCC(OC(=O)C(F)(F)F)c1cccc(NS(=O)(=O)c2ccccc2)c1. The van der Waals surface area contributed by atoms with Crippen LogP contribution >= 0.6 is 0 Å². The van der Waals surface area contributed by atoms with Crippen molar-refractivity contribution in [2.24, 2.45) is 0 Å². The maximum atomic E-state index is 13.1. The van der Waals surface area contributed by atoms with Gasteiger partial charge in [0.2, 0.25) is 0 Å². The second-order valence-corrected chi connectivity index (χ2v) is 11.9. The van der Waals surface area contributed by atoms with Gasteiger partial charge < -0.3 is 19.8 Å². The zero-order valence-corrected chi connectivity index (χ0v) is 24.0. The van der Waals surface area contributed by atoms with Gasteiger partial charge in [0.15, 0.2) is 5.75 Å². The van der Waals surface area contributed by atoms with Crippen molar-refractivity contribution < 1.29 is 40.7 Å². The zero-order valence-electron chi connectivity index (χ0n) is 23.1. The summed E-state index contributed by atoms with van der Waals surface area (Å²) in [6, 6.07) is 18.3. The lowest BCUT2D eigenvalue weighted by molar-refractivity contribution is -0.205. The molecule has 43 heavy (non-hydrogen) atoms. The Bertz CT molecular complexity index is 1690. The summed E-state index contributed by atoms with van der Waals surface area (Å²) in [5.41, 5.74) is 0.709. The van der Waals surface area contributed by atoms with E-state index < -0.39 is 33.8 Å². The molecular weight excluding hydrogens is 589 g/mol. The minimum atomic E-state index is -5.23. The summed E-state index contributed by atoms with van der Waals surface area (Å²) < 4.78 is 77.1. The van der Waals surface area contributed by atoms with Crippen molar-refractivity contribution >= 4 is 39.2 Å². The predicted molar refractivity (Wildman–Crippen MR) is 152 cm³/mol. The summed E-state index contributed by atoms with van der Waals surface area (Å²) in [6.07, 6.45) is -5.73. The molecule has 1 heterocycles. The molecule has 10 nitrogen and oxygen atoms in total. The number of sulfonamides is 1. The number of ether oxygens (including phenoxy) is 2. The lowest BCUT2D eigenvalue weighted by Crippen LogP contribution is -2.43. The van der Waals surface area contributed by atoms with Crippen molar-refractivity contribution in [1.29, 1.82) is 0 Å². The number of anilines is 1. The van der Waals surface area contributed by atoms with Crippen molar-refractivity contribution in [3.05, 3.63) is 84.2 Å². The minimum Gasteiger partial charge on any atom is -0.449 e. The summed E-state index contributed by atoms with van der Waals surface area (Å²) >= 11 is 0. The number of imidazole rings is 1. The number of nitrogens with one attached hydrogen (secondary N) is 3. The van der Waals surface area contributed by atoms with Gasteiger partial charge in [-0.05, 0) is 62.2 Å². The van der Waals surface area contributed by atoms with Crippen molar-refractivity contribution in [2.75, 3.05) is 11.3 Å². The lowest BCUT2D eigenvalue weighted by atomic mass is 9.97. The first-order valence-corrected chi connectivity index (χ1v) is 14.5. The quantitative estimate of drug-likeness (QED) is 0.140. The Hall–Kier alpha value is -4.43. The molecule has 14 heteroatoms. The first-order chi connectivity index (χ1) is 20.3. The fourth-order valence-corrected chi connectivity index (χ4v) is 5.32. The van der Waals surface area contributed by atoms with Crippen LogP contribution in [-0.2, 0) is 30.8 Å². The standard InChI is InChI=1S/C29H29F3N4O6S/c1-28(2,15-14-25-34-22-12-7-13-23(41-18-37)26(22)35-25)33-17-24(42-27(38)29(30,31)32)19-8-6-9-20(16-19)36-43(39,40)21-10-4-3-5-11-21/h3-13,16,18,24,33,36H,14-15,17H2,1-2H3,(H,34,35). The number of aromatic nitrogens is 2. The molecule has 3 aromatic carbocycles. The molecule has 0 saturated heterocycles. The molecule has 3 N–H and O–H groups in total. The third-order valence-electron chi connectivity index (χ3n) is 6.50. The number of hydrogen-bond donors (Lipinski definition) is 3. The number of carbonyl (C=O) groups excluding carboxylic acids is 2. The highest BCUT2D eigenvalue weighted by Gasteiger charge is 2.42. The van der Waals surface area contributed by atoms with E-state index in [4.69, 9.17) is 9.47 Å². The number of esters is 1. The third kappa shape index (κ3) is 8.32. The lowest BCUT2D eigenvalue weighted by Gasteiger charge is -2.29. The van der Waals surface area contributed by atoms with E-state index in [2.05, 4.69) is 20.0 Å². The summed E-state index contributed by atoms with van der Waals surface area (Å²) in [4.78, 5) is 30.2. The number of nitrogens with zero attached hydrogens (tertiary/aromatic N) is 1. The molecule has 4 rings (SSSR count). The van der Waals surface area contributed by atoms with Crippen LogP contribution in [0.25, 0.3) is 11.0 Å². The van der Waals surface area contributed by atoms with Crippen molar-refractivity contribution in [3.8, 4) is 5.75 Å². The van der Waals surface area contributed by atoms with Gasteiger partial charge in [0.25, 0.3) is 16.5 Å². The molecule has 228 valence electrons. The highest BCUT2D eigenvalue weighted by atomic mass is 32.2. The first-order valence-electron chi connectivity index (χ1n) is 13.1. The molecule has 0 aliphatic heterocycles. The van der Waals surface area contributed by atoms with Crippen LogP contribution in [0.3, 0.4) is 0 Å². The van der Waals surface area contributed by atoms with E-state index in [1.165, 1.54) is 36.4 Å². The topological polar surface area (TPSA) is 139 Å². The largest absolute Gasteiger partial charge is 0.490 e. The van der Waals surface area contributed by atoms with Crippen LogP contribution in [0.15, 0.2) is 77.7 Å². The van der Waals surface area contributed by atoms with Gasteiger partial charge in [0.05, 0.1) is 10.4 Å². The molecular formula is C29H29F3N4O6S. The molecule has 0 aliphatic carbocycles. The number of hydrogen-bond acceptors (Lipinski definition) is 8. The van der Waals surface area contributed by atoms with Gasteiger partial charge in [0.1, 0.15) is 17.4 Å². The Morgan fingerprint density at radius 1 is 1.05 bits per heavy atom. The van der Waals surface area contributed by atoms with Crippen LogP contribution in [0.5, 0.6) is 5.75 Å². The Balaban J connectivity index is 1.49. The van der Waals surface area contributed by atoms with Crippen LogP contribution in [0.4, 0.5) is 18.9 Å². The fourth-order valence-electron chi connectivity index (χ4n) is 4.25. The number of H-pyrrole nitrogens is 1. The molecule has 0 bridgehead atoms. The van der Waals surface area contributed by atoms with Crippen LogP contribution < -0.4 is 14.8 Å². The van der Waals surface area contributed by atoms with E-state index in [9.17, 15) is 31.2 Å². The van der Waals surface area contributed by atoms with E-state index in [1.54, 1.807) is 36.4 Å². The maximum Gasteiger partial charge on any atom is 0.490 e. The molecule has 0 amide bonds. The highest BCUT2D eigenvalue weighted by Crippen LogP contribution is 2.28. The van der Waals surface area contributed by atoms with Crippen LogP contribution in [-0.4, -0.2) is 49.1 Å². The van der Waals surface area contributed by atoms with Gasteiger partial charge in [0, 0.05) is 24.2 Å². The van der Waals surface area contributed by atoms with Crippen LogP contribution in [0.1, 0.15) is 37.8 Å². The van der Waals surface area contributed by atoms with Crippen molar-refractivity contribution in [1.82, 2.24) is 15.3 Å². The molecule has 1 unspecified atom stereocenters. The number of benzene rings is 3. The number of aryl methyl sites for hydroxylation is 1. The van der Waals surface area contributed by atoms with E-state index in [0.717, 1.165) is 0 Å². The predicted octanol–water partition coefficient (Wildman–Crippen LogP) is 5.05. The van der Waals surface area contributed by atoms with Gasteiger partial charge in [-0.1, -0.05) is 36.4 Å². The maximum absolute atomic E-state index is 13.1. The minimum absolute atomic E-state index is 0.000750. The fraction of sp³-hybridized carbons (Fsp3) is 0.276. The molecule has 0 spiro atoms. The normalized spacial score (nSPS) is 13.0. The monoisotopic (exact) mass is 618 g/mol. The van der Waals surface area contributed by atoms with Crippen LogP contribution in [0.2, 0.25) is 0 Å². The summed E-state index contributed by atoms with van der Waals surface area (Å²) in [5, 5.41) is 3.15. The molecule has 0 saturated carbocycles. The molecule has 0 fully saturated rings. The van der Waals surface area contributed by atoms with Crippen LogP contribution in [0, 0.1) is 0 Å². The number of rotatable bonds is 13. The van der Waals surface area contributed by atoms with E-state index in [-0.39, 0.29) is 22.7 Å². The number of para-hydroxylation sites is 1. The second kappa shape index (κ2) is 12.8. The first kappa shape index (κ1) is 31.5. The zero-order chi connectivity index (χ0) is 31.3. The highest BCUT2D eigenvalue weighted by molar-refractivity contribution is 7.92. The smallest absolute Gasteiger partial charge is 0.449 e. The average molecular weight is 619 g/mol. The molecule has 0 radical (unpaired) electrons. The van der Waals surface area contributed by atoms with Crippen molar-refractivity contribution in [2.45, 2.75) is 49.4 Å². The Morgan fingerprint density at radius 3 is 2.47 bits per heavy atom. The van der Waals surface area contributed by atoms with E-state index in [1.807, 2.05) is 13.8 Å². The van der Waals surface area contributed by atoms with Gasteiger partial charge in [-0.2, -0.15) is 13.2 Å². The average Bonchev–Trinajstić information content (AvgIpc) is 3.38. The third-order valence-corrected chi connectivity index (χ3v) is 7.89. The van der Waals surface area contributed by atoms with Gasteiger partial charge in [-0.15, -0.1) is 0 Å². The molecule has 4 aromatic rings.